The maximum Gasteiger partial charge on any atom is 0.269 e. The van der Waals surface area contributed by atoms with Crippen molar-refractivity contribution in [1.29, 1.82) is 0 Å². The van der Waals surface area contributed by atoms with Crippen molar-refractivity contribution in [2.24, 2.45) is 11.8 Å². The van der Waals surface area contributed by atoms with Gasteiger partial charge in [0.05, 0.1) is 48.2 Å². The van der Waals surface area contributed by atoms with Crippen LogP contribution in [0.2, 0.25) is 18.6 Å². The summed E-state index contributed by atoms with van der Waals surface area (Å²) in [5, 5.41) is 28.6. The average molecular weight is 744 g/mol. The molecule has 3 N–H and O–H groups in total. The highest BCUT2D eigenvalue weighted by molar-refractivity contribution is 6.72. The van der Waals surface area contributed by atoms with Gasteiger partial charge in [0.15, 0.2) is 5.60 Å². The number of piperidine rings is 1. The molecule has 1 unspecified atom stereocenters. The minimum atomic E-state index is -3.66. The minimum absolute atomic E-state index is 0.0618. The molecule has 3 amide bonds. The van der Waals surface area contributed by atoms with E-state index in [-0.39, 0.29) is 55.1 Å². The predicted molar refractivity (Wildman–Crippen MR) is 199 cm³/mol. The molecule has 7 rings (SSSR count). The van der Waals surface area contributed by atoms with Crippen LogP contribution in [0.25, 0.3) is 0 Å². The first-order valence-corrected chi connectivity index (χ1v) is 21.3. The highest BCUT2D eigenvalue weighted by atomic mass is 28.4. The maximum absolute atomic E-state index is 16.5. The van der Waals surface area contributed by atoms with Gasteiger partial charge in [-0.3, -0.25) is 24.5 Å². The van der Waals surface area contributed by atoms with E-state index in [9.17, 15) is 29.6 Å². The summed E-state index contributed by atoms with van der Waals surface area (Å²) >= 11 is 0. The molecule has 0 aliphatic carbocycles. The van der Waals surface area contributed by atoms with Gasteiger partial charge in [-0.15, -0.1) is 0 Å². The number of aliphatic hydroxyl groups excluding tert-OH is 1. The van der Waals surface area contributed by atoms with E-state index in [1.54, 1.807) is 30.0 Å². The summed E-state index contributed by atoms with van der Waals surface area (Å²) < 4.78 is 23.3. The van der Waals surface area contributed by atoms with Crippen molar-refractivity contribution >= 4 is 43.2 Å². The summed E-state index contributed by atoms with van der Waals surface area (Å²) in [5.41, 5.74) is 1.17. The van der Waals surface area contributed by atoms with Crippen LogP contribution in [0.4, 0.5) is 21.2 Å². The minimum Gasteiger partial charge on any atom is -0.394 e. The van der Waals surface area contributed by atoms with Crippen molar-refractivity contribution < 1.29 is 33.3 Å². The van der Waals surface area contributed by atoms with Gasteiger partial charge in [-0.1, -0.05) is 43.3 Å². The van der Waals surface area contributed by atoms with Crippen molar-refractivity contribution in [3.63, 3.8) is 0 Å². The molecule has 0 aromatic heterocycles. The smallest absolute Gasteiger partial charge is 0.269 e. The maximum atomic E-state index is 16.5. The number of anilines is 2. The molecule has 3 aromatic rings. The molecule has 1 spiro atoms. The van der Waals surface area contributed by atoms with Gasteiger partial charge in [0.2, 0.25) is 20.2 Å². The van der Waals surface area contributed by atoms with Gasteiger partial charge in [-0.25, -0.2) is 0 Å². The molecule has 2 saturated heterocycles. The van der Waals surface area contributed by atoms with Crippen LogP contribution < -0.4 is 15.5 Å². The third-order valence-corrected chi connectivity index (χ3v) is 14.1. The number of rotatable bonds is 9. The Morgan fingerprint density at radius 3 is 2.60 bits per heavy atom. The van der Waals surface area contributed by atoms with Gasteiger partial charge in [-0.2, -0.15) is 0 Å². The highest BCUT2D eigenvalue weighted by Gasteiger charge is 2.67. The molecule has 280 valence electrons. The number of hydrogen-bond acceptors (Lipinski definition) is 8. The van der Waals surface area contributed by atoms with Crippen LogP contribution in [0.15, 0.2) is 66.7 Å². The van der Waals surface area contributed by atoms with Gasteiger partial charge in [0, 0.05) is 47.9 Å². The first kappa shape index (κ1) is 36.8. The van der Waals surface area contributed by atoms with Gasteiger partial charge in [0.25, 0.3) is 11.6 Å². The van der Waals surface area contributed by atoms with E-state index in [1.807, 2.05) is 30.3 Å². The lowest BCUT2D eigenvalue weighted by atomic mass is 9.82. The van der Waals surface area contributed by atoms with Crippen LogP contribution in [-0.4, -0.2) is 72.9 Å². The normalized spacial score (nSPS) is 26.7. The lowest BCUT2D eigenvalue weighted by Crippen LogP contribution is -2.48. The number of carbonyl (C=O) groups is 3. The van der Waals surface area contributed by atoms with Crippen LogP contribution in [0.5, 0.6) is 0 Å². The van der Waals surface area contributed by atoms with E-state index < -0.39 is 48.4 Å². The summed E-state index contributed by atoms with van der Waals surface area (Å²) in [5.74, 6) is -1.80. The molecule has 4 heterocycles. The Morgan fingerprint density at radius 1 is 1.13 bits per heavy atom. The molecule has 4 aliphatic heterocycles. The van der Waals surface area contributed by atoms with E-state index >= 15 is 4.11 Å². The van der Waals surface area contributed by atoms with E-state index in [0.29, 0.717) is 29.9 Å². The number of nitrogens with zero attached hydrogens (tertiary/aromatic N) is 3. The fraction of sp³-hybridized carbons (Fsp3) is 0.462. The quantitative estimate of drug-likeness (QED) is 0.117. The fourth-order valence-corrected chi connectivity index (χ4v) is 11.6. The number of aliphatic hydroxyl groups is 1. The number of nitro benzene ring substituents is 1. The Balaban J connectivity index is 1.20. The molecular weight excluding hydrogens is 698 g/mol. The number of nitrogens with one attached hydrogen (secondary N) is 2. The average Bonchev–Trinajstić information content (AvgIpc) is 3.57. The van der Waals surface area contributed by atoms with Crippen LogP contribution in [0.1, 0.15) is 48.4 Å². The molecule has 6 atom stereocenters. The Labute approximate surface area is 309 Å². The number of hydrogen-bond donors (Lipinski definition) is 3. The lowest BCUT2D eigenvalue weighted by molar-refractivity contribution is -0.385. The van der Waals surface area contributed by atoms with E-state index in [1.165, 1.54) is 36.2 Å². The van der Waals surface area contributed by atoms with Crippen LogP contribution >= 0.6 is 0 Å². The van der Waals surface area contributed by atoms with E-state index in [0.717, 1.165) is 30.5 Å². The SMILES string of the molecule is C[C@H]1[C@H]([Si](C)(C)F)[C@@H](CC(=O)N2Cc3ccccc3C[C@H]2CO)O[C@]12C(=O)N(Cc1cccc(NC(=O)C3CCCNC3)c1)c1ccc([N+](=O)[O-])cc12. The van der Waals surface area contributed by atoms with E-state index in [4.69, 9.17) is 4.74 Å². The number of halogens is 1. The molecule has 0 bridgehead atoms. The third-order valence-electron chi connectivity index (χ3n) is 11.6. The van der Waals surface area contributed by atoms with Crippen LogP contribution in [0, 0.1) is 22.0 Å². The number of carbonyl (C=O) groups excluding carboxylic acids is 3. The van der Waals surface area contributed by atoms with Gasteiger partial charge in [0.1, 0.15) is 0 Å². The standard InChI is InChI=1S/C39H46FN5O7Si/c1-24-36(53(2,3)40)34(19-35(47)43-22-28-10-5-4-9-26(28)17-31(43)23-46)52-39(24)32-18-30(45(50)51)13-14-33(32)44(38(39)49)21-25-8-6-12-29(16-25)42-37(48)27-11-7-15-41-20-27/h4-6,8-10,12-14,16,18,24,27,31,34,36,41,46H,7,11,15,17,19-23H2,1-3H3,(H,42,48)/t24-,27?,31-,34+,36-,39+/m0/s1. The zero-order valence-corrected chi connectivity index (χ0v) is 31.2. The van der Waals surface area contributed by atoms with Crippen LogP contribution in [-0.2, 0) is 44.2 Å². The number of benzene rings is 3. The van der Waals surface area contributed by atoms with Crippen molar-refractivity contribution in [2.45, 2.75) is 82.1 Å². The zero-order valence-electron chi connectivity index (χ0n) is 30.2. The van der Waals surface area contributed by atoms with E-state index in [2.05, 4.69) is 10.6 Å². The summed E-state index contributed by atoms with van der Waals surface area (Å²) in [4.78, 5) is 56.6. The largest absolute Gasteiger partial charge is 0.394 e. The molecule has 53 heavy (non-hydrogen) atoms. The number of amides is 3. The molecule has 2 fully saturated rings. The molecule has 0 saturated carbocycles. The molecule has 4 aliphatic rings. The van der Waals surface area contributed by atoms with Gasteiger partial charge < -0.3 is 34.4 Å². The zero-order chi connectivity index (χ0) is 37.7. The predicted octanol–water partition coefficient (Wildman–Crippen LogP) is 5.19. The molecule has 14 heteroatoms. The fourth-order valence-electron chi connectivity index (χ4n) is 9.09. The Hall–Kier alpha value is -4.50. The van der Waals surface area contributed by atoms with Crippen molar-refractivity contribution in [2.75, 3.05) is 29.9 Å². The Kier molecular flexibility index (Phi) is 10.00. The summed E-state index contributed by atoms with van der Waals surface area (Å²) in [6.07, 6.45) is 0.979. The molecule has 12 nitrogen and oxygen atoms in total. The topological polar surface area (TPSA) is 154 Å². The van der Waals surface area contributed by atoms with Crippen molar-refractivity contribution in [3.05, 3.63) is 99.1 Å². The third kappa shape index (κ3) is 6.77. The monoisotopic (exact) mass is 743 g/mol. The Morgan fingerprint density at radius 2 is 1.91 bits per heavy atom. The molecule has 0 radical (unpaired) electrons. The van der Waals surface area contributed by atoms with Gasteiger partial charge in [-0.05, 0) is 73.8 Å². The number of ether oxygens (including phenoxy) is 1. The molecule has 3 aromatic carbocycles. The lowest BCUT2D eigenvalue weighted by Gasteiger charge is -2.37. The van der Waals surface area contributed by atoms with Crippen molar-refractivity contribution in [3.8, 4) is 0 Å². The first-order chi connectivity index (χ1) is 25.3. The second-order valence-electron chi connectivity index (χ2n) is 15.4. The molecular formula is C39H46FN5O7Si. The van der Waals surface area contributed by atoms with Gasteiger partial charge >= 0.3 is 0 Å². The number of nitro groups is 1. The number of fused-ring (bicyclic) bond motifs is 3. The summed E-state index contributed by atoms with van der Waals surface area (Å²) in [7, 11) is -3.66. The second-order valence-corrected chi connectivity index (χ2v) is 19.2. The van der Waals surface area contributed by atoms with Crippen molar-refractivity contribution in [1.82, 2.24) is 10.2 Å². The second kappa shape index (κ2) is 14.4. The number of non-ortho nitro benzene ring substituents is 1. The van der Waals surface area contributed by atoms with Crippen LogP contribution in [0.3, 0.4) is 0 Å². The summed E-state index contributed by atoms with van der Waals surface area (Å²) in [6.45, 7) is 6.42. The Bertz CT molecular complexity index is 1930. The first-order valence-electron chi connectivity index (χ1n) is 18.4. The summed E-state index contributed by atoms with van der Waals surface area (Å²) in [6, 6.07) is 18.7. The highest BCUT2D eigenvalue weighted by Crippen LogP contribution is 2.60.